The van der Waals surface area contributed by atoms with E-state index in [4.69, 9.17) is 10.5 Å². The minimum atomic E-state index is -0.537. The molecule has 0 bridgehead atoms. The van der Waals surface area contributed by atoms with Crippen LogP contribution in [0.15, 0.2) is 29.1 Å². The van der Waals surface area contributed by atoms with Crippen molar-refractivity contribution in [3.63, 3.8) is 0 Å². The molecule has 0 atom stereocenters. The Kier molecular flexibility index (Phi) is 5.19. The number of esters is 1. The first kappa shape index (κ1) is 19.3. The molecule has 0 saturated heterocycles. The van der Waals surface area contributed by atoms with Gasteiger partial charge in [-0.05, 0) is 43.0 Å². The van der Waals surface area contributed by atoms with Gasteiger partial charge in [0.1, 0.15) is 22.1 Å². The van der Waals surface area contributed by atoms with E-state index in [2.05, 4.69) is 4.98 Å². The molecule has 1 aliphatic heterocycles. The number of fused-ring (bicyclic) bond motifs is 2. The molecule has 8 heteroatoms. The zero-order chi connectivity index (χ0) is 20.5. The summed E-state index contributed by atoms with van der Waals surface area (Å²) in [5.74, 6) is -0.246. The molecule has 0 spiro atoms. The van der Waals surface area contributed by atoms with Gasteiger partial charge in [0.2, 0.25) is 5.91 Å². The van der Waals surface area contributed by atoms with Crippen molar-refractivity contribution in [1.82, 2.24) is 9.55 Å². The third-order valence-electron chi connectivity index (χ3n) is 5.18. The van der Waals surface area contributed by atoms with Crippen LogP contribution in [0.5, 0.6) is 0 Å². The monoisotopic (exact) mass is 411 g/mol. The van der Waals surface area contributed by atoms with Crippen LogP contribution in [0.1, 0.15) is 56.2 Å². The minimum Gasteiger partial charge on any atom is -0.457 e. The molecular weight excluding hydrogens is 390 g/mol. The SMILES string of the molecule is Cc1c(C(=O)OCc2cccc(C(N)=O)c2)sc2nc3n(c(=O)c12)CCCCC3. The van der Waals surface area contributed by atoms with Crippen LogP contribution in [0, 0.1) is 6.92 Å². The van der Waals surface area contributed by atoms with E-state index in [1.807, 2.05) is 0 Å². The highest BCUT2D eigenvalue weighted by atomic mass is 32.1. The van der Waals surface area contributed by atoms with Crippen LogP contribution in [0.4, 0.5) is 0 Å². The Balaban J connectivity index is 1.62. The largest absolute Gasteiger partial charge is 0.457 e. The second-order valence-electron chi connectivity index (χ2n) is 7.17. The molecule has 1 amide bonds. The van der Waals surface area contributed by atoms with Crippen molar-refractivity contribution in [3.05, 3.63) is 62.0 Å². The number of rotatable bonds is 4. The molecule has 150 valence electrons. The highest BCUT2D eigenvalue weighted by molar-refractivity contribution is 7.20. The van der Waals surface area contributed by atoms with Gasteiger partial charge in [0.15, 0.2) is 0 Å². The molecular formula is C21H21N3O4S. The number of benzene rings is 1. The van der Waals surface area contributed by atoms with Crippen LogP contribution in [-0.4, -0.2) is 21.4 Å². The molecule has 0 unspecified atom stereocenters. The van der Waals surface area contributed by atoms with Gasteiger partial charge in [0.25, 0.3) is 5.56 Å². The van der Waals surface area contributed by atoms with Crippen LogP contribution in [0.25, 0.3) is 10.2 Å². The average molecular weight is 411 g/mol. The van der Waals surface area contributed by atoms with E-state index in [9.17, 15) is 14.4 Å². The first-order valence-corrected chi connectivity index (χ1v) is 10.4. The lowest BCUT2D eigenvalue weighted by molar-refractivity contribution is 0.0478. The summed E-state index contributed by atoms with van der Waals surface area (Å²) < 4.78 is 7.18. The Morgan fingerprint density at radius 1 is 1.28 bits per heavy atom. The molecule has 0 fully saturated rings. The van der Waals surface area contributed by atoms with E-state index in [0.717, 1.165) is 31.5 Å². The van der Waals surface area contributed by atoms with Gasteiger partial charge < -0.3 is 10.5 Å². The van der Waals surface area contributed by atoms with Crippen molar-refractivity contribution in [1.29, 1.82) is 0 Å². The summed E-state index contributed by atoms with van der Waals surface area (Å²) in [7, 11) is 0. The number of thiophene rings is 1. The fraction of sp³-hybridized carbons (Fsp3) is 0.333. The maximum Gasteiger partial charge on any atom is 0.349 e. The Hall–Kier alpha value is -3.00. The number of carbonyl (C=O) groups excluding carboxylic acids is 2. The summed E-state index contributed by atoms with van der Waals surface area (Å²) >= 11 is 1.20. The second kappa shape index (κ2) is 7.79. The van der Waals surface area contributed by atoms with Gasteiger partial charge in [0, 0.05) is 18.5 Å². The van der Waals surface area contributed by atoms with E-state index < -0.39 is 11.9 Å². The normalized spacial score (nSPS) is 13.7. The van der Waals surface area contributed by atoms with Crippen molar-refractivity contribution >= 4 is 33.4 Å². The molecule has 3 heterocycles. The van der Waals surface area contributed by atoms with E-state index in [1.165, 1.54) is 11.3 Å². The predicted octanol–water partition coefficient (Wildman–Crippen LogP) is 2.95. The maximum atomic E-state index is 13.0. The van der Waals surface area contributed by atoms with Crippen LogP contribution >= 0.6 is 11.3 Å². The molecule has 0 aliphatic carbocycles. The quantitative estimate of drug-likeness (QED) is 0.665. The first-order valence-electron chi connectivity index (χ1n) is 9.54. The summed E-state index contributed by atoms with van der Waals surface area (Å²) in [6.07, 6.45) is 3.84. The highest BCUT2D eigenvalue weighted by Crippen LogP contribution is 2.29. The molecule has 7 nitrogen and oxygen atoms in total. The number of primary amides is 1. The number of nitrogens with two attached hydrogens (primary N) is 1. The Bertz CT molecular complexity index is 1180. The molecule has 3 aromatic rings. The van der Waals surface area contributed by atoms with Gasteiger partial charge in [-0.2, -0.15) is 0 Å². The summed E-state index contributed by atoms with van der Waals surface area (Å²) in [5.41, 5.74) is 6.84. The molecule has 4 rings (SSSR count). The van der Waals surface area contributed by atoms with Crippen molar-refractivity contribution < 1.29 is 14.3 Å². The lowest BCUT2D eigenvalue weighted by atomic mass is 10.1. The van der Waals surface area contributed by atoms with Crippen molar-refractivity contribution in [2.45, 2.75) is 45.8 Å². The smallest absolute Gasteiger partial charge is 0.349 e. The minimum absolute atomic E-state index is 0.0105. The first-order chi connectivity index (χ1) is 14.0. The third kappa shape index (κ3) is 3.67. The fourth-order valence-corrected chi connectivity index (χ4v) is 4.72. The van der Waals surface area contributed by atoms with E-state index in [1.54, 1.807) is 35.8 Å². The van der Waals surface area contributed by atoms with Gasteiger partial charge in [-0.15, -0.1) is 11.3 Å². The number of aryl methyl sites for hydroxylation is 2. The van der Waals surface area contributed by atoms with Gasteiger partial charge in [-0.3, -0.25) is 14.2 Å². The second-order valence-corrected chi connectivity index (χ2v) is 8.17. The molecule has 2 aromatic heterocycles. The van der Waals surface area contributed by atoms with Crippen LogP contribution < -0.4 is 11.3 Å². The standard InChI is InChI=1S/C21H21N3O4S/c1-12-16-19(23-15-8-3-2-4-9-24(15)20(16)26)29-17(12)21(27)28-11-13-6-5-7-14(10-13)18(22)25/h5-7,10H,2-4,8-9,11H2,1H3,(H2,22,25). The van der Waals surface area contributed by atoms with E-state index in [0.29, 0.717) is 38.3 Å². The summed E-state index contributed by atoms with van der Waals surface area (Å²) in [4.78, 5) is 42.6. The molecule has 0 radical (unpaired) electrons. The van der Waals surface area contributed by atoms with Crippen molar-refractivity contribution in [2.24, 2.45) is 5.73 Å². The van der Waals surface area contributed by atoms with Gasteiger partial charge in [-0.25, -0.2) is 9.78 Å². The van der Waals surface area contributed by atoms with Crippen LogP contribution in [-0.2, 0) is 24.3 Å². The molecule has 1 aliphatic rings. The molecule has 2 N–H and O–H groups in total. The van der Waals surface area contributed by atoms with Gasteiger partial charge in [0.05, 0.1) is 5.39 Å². The Morgan fingerprint density at radius 2 is 2.10 bits per heavy atom. The van der Waals surface area contributed by atoms with Gasteiger partial charge in [-0.1, -0.05) is 18.6 Å². The van der Waals surface area contributed by atoms with Crippen molar-refractivity contribution in [2.75, 3.05) is 0 Å². The predicted molar refractivity (Wildman–Crippen MR) is 110 cm³/mol. The van der Waals surface area contributed by atoms with E-state index >= 15 is 0 Å². The zero-order valence-corrected chi connectivity index (χ0v) is 16.9. The summed E-state index contributed by atoms with van der Waals surface area (Å²) in [6, 6.07) is 6.64. The molecule has 1 aromatic carbocycles. The maximum absolute atomic E-state index is 13.0. The number of nitrogens with zero attached hydrogens (tertiary/aromatic N) is 2. The Morgan fingerprint density at radius 3 is 2.90 bits per heavy atom. The molecule has 29 heavy (non-hydrogen) atoms. The number of ether oxygens (including phenoxy) is 1. The summed E-state index contributed by atoms with van der Waals surface area (Å²) in [6.45, 7) is 2.44. The number of hydrogen-bond acceptors (Lipinski definition) is 6. The zero-order valence-electron chi connectivity index (χ0n) is 16.1. The number of carbonyl (C=O) groups is 2. The summed E-state index contributed by atoms with van der Waals surface area (Å²) in [5, 5.41) is 0.503. The third-order valence-corrected chi connectivity index (χ3v) is 6.34. The van der Waals surface area contributed by atoms with Crippen LogP contribution in [0.2, 0.25) is 0 Å². The number of hydrogen-bond donors (Lipinski definition) is 1. The van der Waals surface area contributed by atoms with Crippen molar-refractivity contribution in [3.8, 4) is 0 Å². The average Bonchev–Trinajstić information content (AvgIpc) is 2.88. The highest BCUT2D eigenvalue weighted by Gasteiger charge is 2.23. The lowest BCUT2D eigenvalue weighted by Gasteiger charge is -2.08. The molecule has 0 saturated carbocycles. The van der Waals surface area contributed by atoms with E-state index in [-0.39, 0.29) is 12.2 Å². The Labute approximate surface area is 171 Å². The fourth-order valence-electron chi connectivity index (χ4n) is 3.63. The lowest BCUT2D eigenvalue weighted by Crippen LogP contribution is -2.24. The number of amides is 1. The topological polar surface area (TPSA) is 104 Å². The number of aromatic nitrogens is 2. The van der Waals surface area contributed by atoms with Crippen LogP contribution in [0.3, 0.4) is 0 Å². The van der Waals surface area contributed by atoms with Gasteiger partial charge >= 0.3 is 5.97 Å².